The highest BCUT2D eigenvalue weighted by molar-refractivity contribution is 7.99. The topological polar surface area (TPSA) is 80.7 Å². The third kappa shape index (κ3) is 3.62. The van der Waals surface area contributed by atoms with Crippen molar-refractivity contribution in [3.05, 3.63) is 23.8 Å². The molecule has 8 atom stereocenters. The van der Waals surface area contributed by atoms with Crippen molar-refractivity contribution in [2.45, 2.75) is 96.3 Å². The van der Waals surface area contributed by atoms with Crippen LogP contribution in [0.2, 0.25) is 0 Å². The molecule has 0 amide bonds. The van der Waals surface area contributed by atoms with Crippen molar-refractivity contribution in [3.63, 3.8) is 0 Å². The average Bonchev–Trinajstić information content (AvgIpc) is 2.97. The number of alkyl halides is 1. The van der Waals surface area contributed by atoms with E-state index in [9.17, 15) is 19.5 Å². The fourth-order valence-electron chi connectivity index (χ4n) is 8.18. The summed E-state index contributed by atoms with van der Waals surface area (Å²) in [4.78, 5) is 38.3. The van der Waals surface area contributed by atoms with Crippen LogP contribution in [0, 0.1) is 28.6 Å². The van der Waals surface area contributed by atoms with E-state index in [0.29, 0.717) is 30.3 Å². The summed E-state index contributed by atoms with van der Waals surface area (Å²) in [5.74, 6) is -1.24. The number of carbonyl (C=O) groups is 3. The summed E-state index contributed by atoms with van der Waals surface area (Å²) in [5.41, 5.74) is -4.60. The van der Waals surface area contributed by atoms with Gasteiger partial charge in [-0.25, -0.2) is 4.39 Å². The molecular formula is C28H39FO5S. The van der Waals surface area contributed by atoms with Crippen LogP contribution >= 0.6 is 11.8 Å². The van der Waals surface area contributed by atoms with Gasteiger partial charge in [-0.15, -0.1) is 0 Å². The van der Waals surface area contributed by atoms with Gasteiger partial charge in [0.05, 0.1) is 12.5 Å². The summed E-state index contributed by atoms with van der Waals surface area (Å²) in [6.45, 7) is 11.2. The second-order valence-electron chi connectivity index (χ2n) is 11.8. The lowest BCUT2D eigenvalue weighted by molar-refractivity contribution is -0.227. The van der Waals surface area contributed by atoms with Gasteiger partial charge in [0.15, 0.2) is 22.8 Å². The van der Waals surface area contributed by atoms with E-state index >= 15 is 4.39 Å². The first-order chi connectivity index (χ1) is 16.2. The predicted molar refractivity (Wildman–Crippen MR) is 135 cm³/mol. The Bertz CT molecular complexity index is 990. The number of allylic oxidation sites excluding steroid dienone is 4. The molecule has 0 aromatic heterocycles. The van der Waals surface area contributed by atoms with Gasteiger partial charge < -0.3 is 9.84 Å². The molecule has 3 saturated carbocycles. The lowest BCUT2D eigenvalue weighted by atomic mass is 9.44. The largest absolute Gasteiger partial charge is 0.450 e. The highest BCUT2D eigenvalue weighted by Gasteiger charge is 2.76. The van der Waals surface area contributed by atoms with Crippen LogP contribution < -0.4 is 0 Å². The summed E-state index contributed by atoms with van der Waals surface area (Å²) in [6.07, 6.45) is 5.01. The number of esters is 1. The Balaban J connectivity index is 1.72. The Morgan fingerprint density at radius 3 is 2.60 bits per heavy atom. The molecule has 35 heavy (non-hydrogen) atoms. The molecule has 4 rings (SSSR count). The van der Waals surface area contributed by atoms with Gasteiger partial charge in [0.1, 0.15) is 0 Å². The minimum absolute atomic E-state index is 0.0211. The lowest BCUT2D eigenvalue weighted by Crippen LogP contribution is -2.69. The Hall–Kier alpha value is -1.47. The highest BCUT2D eigenvalue weighted by Crippen LogP contribution is 2.71. The smallest absolute Gasteiger partial charge is 0.307 e. The standard InChI is InChI=1S/C28H39FO5S/c1-16(2)35-12-10-24(33)34-28(18(4)30)17(3)13-22-21-8-7-19-14-20(31)9-11-25(19,5)27(21,29)23(32)15-26(22,28)6/h9,11,14,16-17,21-23,32H,7-8,10,12-13,15H2,1-6H3/t17-,21-,22-,23-,25-,26-,27-,28-/m0/s1. The Kier molecular flexibility index (Phi) is 6.71. The number of carbonyl (C=O) groups excluding carboxylic acids is 3. The Labute approximate surface area is 212 Å². The van der Waals surface area contributed by atoms with E-state index in [1.54, 1.807) is 24.8 Å². The number of ketones is 2. The predicted octanol–water partition coefficient (Wildman–Crippen LogP) is 5.01. The summed E-state index contributed by atoms with van der Waals surface area (Å²) in [7, 11) is 0. The summed E-state index contributed by atoms with van der Waals surface area (Å²) >= 11 is 1.66. The SMILES string of the molecule is CC(=O)[C@@]1(OC(=O)CCSC(C)C)[C@@H](C)C[C@H]2[C@@H]3CCC4=CC(=O)C=C[C@]4(C)[C@@]3(F)[C@@H](O)C[C@@]21C. The second kappa shape index (κ2) is 8.83. The average molecular weight is 507 g/mol. The van der Waals surface area contributed by atoms with Crippen LogP contribution in [0.15, 0.2) is 23.8 Å². The zero-order valence-corrected chi connectivity index (χ0v) is 22.5. The van der Waals surface area contributed by atoms with Gasteiger partial charge in [0.2, 0.25) is 0 Å². The molecule has 0 saturated heterocycles. The molecule has 1 N–H and O–H groups in total. The zero-order chi connectivity index (χ0) is 26.0. The molecule has 4 aliphatic carbocycles. The van der Waals surface area contributed by atoms with Gasteiger partial charge >= 0.3 is 5.97 Å². The van der Waals surface area contributed by atoms with Gasteiger partial charge in [-0.1, -0.05) is 39.3 Å². The molecule has 3 fully saturated rings. The van der Waals surface area contributed by atoms with Crippen LogP contribution in [-0.4, -0.2) is 51.0 Å². The minimum atomic E-state index is -1.97. The van der Waals surface area contributed by atoms with Crippen LogP contribution in [0.1, 0.15) is 73.6 Å². The van der Waals surface area contributed by atoms with Crippen molar-refractivity contribution in [1.29, 1.82) is 0 Å². The molecule has 0 aromatic carbocycles. The van der Waals surface area contributed by atoms with Crippen LogP contribution in [-0.2, 0) is 19.1 Å². The molecule has 194 valence electrons. The number of ether oxygens (including phenoxy) is 1. The van der Waals surface area contributed by atoms with Crippen molar-refractivity contribution < 1.29 is 28.6 Å². The first-order valence-electron chi connectivity index (χ1n) is 12.9. The number of thioether (sulfide) groups is 1. The van der Waals surface area contributed by atoms with Crippen molar-refractivity contribution >= 4 is 29.3 Å². The van der Waals surface area contributed by atoms with Crippen molar-refractivity contribution in [2.75, 3.05) is 5.75 Å². The number of halogens is 1. The van der Waals surface area contributed by atoms with E-state index in [4.69, 9.17) is 4.74 Å². The fraction of sp³-hybridized carbons (Fsp3) is 0.750. The molecular weight excluding hydrogens is 467 g/mol. The number of hydrogen-bond acceptors (Lipinski definition) is 6. The number of fused-ring (bicyclic) bond motifs is 5. The number of rotatable bonds is 6. The molecule has 0 radical (unpaired) electrons. The number of aliphatic hydroxyl groups excluding tert-OH is 1. The van der Waals surface area contributed by atoms with Gasteiger partial charge in [0, 0.05) is 28.4 Å². The molecule has 0 aromatic rings. The third-order valence-electron chi connectivity index (χ3n) is 9.74. The third-order valence-corrected chi connectivity index (χ3v) is 10.8. The van der Waals surface area contributed by atoms with Crippen LogP contribution in [0.25, 0.3) is 0 Å². The molecule has 7 heteroatoms. The molecule has 0 unspecified atom stereocenters. The van der Waals surface area contributed by atoms with E-state index in [-0.39, 0.29) is 36.2 Å². The molecule has 0 aliphatic heterocycles. The summed E-state index contributed by atoms with van der Waals surface area (Å²) < 4.78 is 23.4. The highest BCUT2D eigenvalue weighted by atomic mass is 32.2. The maximum absolute atomic E-state index is 17.3. The normalized spacial score (nSPS) is 44.4. The summed E-state index contributed by atoms with van der Waals surface area (Å²) in [5, 5.41) is 11.9. The maximum Gasteiger partial charge on any atom is 0.307 e. The van der Waals surface area contributed by atoms with Gasteiger partial charge in [-0.2, -0.15) is 11.8 Å². The maximum atomic E-state index is 17.3. The van der Waals surface area contributed by atoms with E-state index in [1.807, 2.05) is 13.8 Å². The number of hydrogen-bond donors (Lipinski definition) is 1. The number of aliphatic hydroxyl groups is 1. The van der Waals surface area contributed by atoms with Crippen molar-refractivity contribution in [3.8, 4) is 0 Å². The molecule has 4 aliphatic rings. The first kappa shape index (κ1) is 26.6. The molecule has 0 bridgehead atoms. The number of Topliss-reactive ketones (excluding diaryl/α,β-unsaturated/α-hetero) is 1. The first-order valence-corrected chi connectivity index (χ1v) is 13.9. The lowest BCUT2D eigenvalue weighted by Gasteiger charge is -2.62. The van der Waals surface area contributed by atoms with E-state index < -0.39 is 40.1 Å². The molecule has 0 spiro atoms. The zero-order valence-electron chi connectivity index (χ0n) is 21.7. The quantitative estimate of drug-likeness (QED) is 0.511. The monoisotopic (exact) mass is 506 g/mol. The van der Waals surface area contributed by atoms with E-state index in [1.165, 1.54) is 19.1 Å². The van der Waals surface area contributed by atoms with Crippen molar-refractivity contribution in [2.24, 2.45) is 28.6 Å². The van der Waals surface area contributed by atoms with Gasteiger partial charge in [-0.05, 0) is 62.9 Å². The second-order valence-corrected chi connectivity index (χ2v) is 13.5. The van der Waals surface area contributed by atoms with Crippen LogP contribution in [0.4, 0.5) is 4.39 Å². The molecule has 0 heterocycles. The van der Waals surface area contributed by atoms with Crippen molar-refractivity contribution in [1.82, 2.24) is 0 Å². The van der Waals surface area contributed by atoms with E-state index in [2.05, 4.69) is 13.8 Å². The van der Waals surface area contributed by atoms with Gasteiger partial charge in [-0.3, -0.25) is 14.4 Å². The summed E-state index contributed by atoms with van der Waals surface area (Å²) in [6, 6.07) is 0. The Morgan fingerprint density at radius 1 is 1.29 bits per heavy atom. The Morgan fingerprint density at radius 2 is 1.97 bits per heavy atom. The van der Waals surface area contributed by atoms with Gasteiger partial charge in [0.25, 0.3) is 0 Å². The minimum Gasteiger partial charge on any atom is -0.450 e. The van der Waals surface area contributed by atoms with E-state index in [0.717, 1.165) is 5.57 Å². The van der Waals surface area contributed by atoms with Crippen LogP contribution in [0.5, 0.6) is 0 Å². The van der Waals surface area contributed by atoms with Crippen LogP contribution in [0.3, 0.4) is 0 Å². The fourth-order valence-corrected chi connectivity index (χ4v) is 8.93. The molecule has 5 nitrogen and oxygen atoms in total.